The first kappa shape index (κ1) is 17.1. The molecule has 3 heterocycles. The average Bonchev–Trinajstić information content (AvgIpc) is 3.30. The molecule has 1 aromatic heterocycles. The van der Waals surface area contributed by atoms with Gasteiger partial charge in [-0.2, -0.15) is 0 Å². The SMILES string of the molecule is Cc1ccc2nc(C)c(C(=O)N[C@H]3[C@H]4CCO[C@H]4[C@@H]3N3CCCC3)cc2c1. The van der Waals surface area contributed by atoms with Crippen molar-refractivity contribution in [2.75, 3.05) is 19.7 Å². The van der Waals surface area contributed by atoms with E-state index in [4.69, 9.17) is 4.74 Å². The maximum Gasteiger partial charge on any atom is 0.253 e. The molecule has 1 N–H and O–H groups in total. The van der Waals surface area contributed by atoms with Crippen LogP contribution in [-0.2, 0) is 4.74 Å². The first-order valence-corrected chi connectivity index (χ1v) is 10.2. The number of carbonyl (C=O) groups is 1. The second kappa shape index (κ2) is 6.57. The molecular formula is C22H27N3O2. The molecule has 5 nitrogen and oxygen atoms in total. The van der Waals surface area contributed by atoms with Gasteiger partial charge in [0, 0.05) is 17.9 Å². The van der Waals surface area contributed by atoms with Crippen molar-refractivity contribution < 1.29 is 9.53 Å². The summed E-state index contributed by atoms with van der Waals surface area (Å²) in [5.41, 5.74) is 3.60. The fourth-order valence-corrected chi connectivity index (χ4v) is 5.19. The Kier molecular flexibility index (Phi) is 4.17. The Hall–Kier alpha value is -1.98. The zero-order valence-corrected chi connectivity index (χ0v) is 16.1. The van der Waals surface area contributed by atoms with Crippen LogP contribution in [0, 0.1) is 19.8 Å². The number of pyridine rings is 1. The lowest BCUT2D eigenvalue weighted by molar-refractivity contribution is -0.0747. The molecule has 27 heavy (non-hydrogen) atoms. The summed E-state index contributed by atoms with van der Waals surface area (Å²) < 4.78 is 5.98. The van der Waals surface area contributed by atoms with Gasteiger partial charge in [0.2, 0.25) is 0 Å². The monoisotopic (exact) mass is 365 g/mol. The quantitative estimate of drug-likeness (QED) is 0.909. The number of carbonyl (C=O) groups excluding carboxylic acids is 1. The Bertz CT molecular complexity index is 886. The molecule has 3 fully saturated rings. The number of likely N-dealkylation sites (tertiary alicyclic amines) is 1. The number of amides is 1. The molecule has 5 heteroatoms. The third-order valence-corrected chi connectivity index (χ3v) is 6.61. The first-order chi connectivity index (χ1) is 13.1. The van der Waals surface area contributed by atoms with Crippen LogP contribution < -0.4 is 5.32 Å². The van der Waals surface area contributed by atoms with Gasteiger partial charge >= 0.3 is 0 Å². The third kappa shape index (κ3) is 2.84. The predicted octanol–water partition coefficient (Wildman–Crippen LogP) is 2.83. The summed E-state index contributed by atoms with van der Waals surface area (Å²) in [5, 5.41) is 4.38. The third-order valence-electron chi connectivity index (χ3n) is 6.61. The summed E-state index contributed by atoms with van der Waals surface area (Å²) >= 11 is 0. The van der Waals surface area contributed by atoms with Crippen LogP contribution in [0.15, 0.2) is 24.3 Å². The molecule has 3 aliphatic rings. The molecular weight excluding hydrogens is 338 g/mol. The van der Waals surface area contributed by atoms with Crippen molar-refractivity contribution in [3.8, 4) is 0 Å². The minimum atomic E-state index is 0.00273. The lowest BCUT2D eigenvalue weighted by atomic mass is 9.70. The number of fused-ring (bicyclic) bond motifs is 2. The van der Waals surface area contributed by atoms with Gasteiger partial charge in [-0.15, -0.1) is 0 Å². The number of nitrogens with zero attached hydrogens (tertiary/aromatic N) is 2. The number of benzene rings is 1. The van der Waals surface area contributed by atoms with E-state index in [0.29, 0.717) is 23.6 Å². The zero-order chi connectivity index (χ0) is 18.5. The zero-order valence-electron chi connectivity index (χ0n) is 16.1. The topological polar surface area (TPSA) is 54.5 Å². The number of ether oxygens (including phenoxy) is 1. The molecule has 0 bridgehead atoms. The Morgan fingerprint density at radius 3 is 2.85 bits per heavy atom. The van der Waals surface area contributed by atoms with Crippen molar-refractivity contribution in [2.45, 2.75) is 51.3 Å². The Morgan fingerprint density at radius 2 is 2.04 bits per heavy atom. The summed E-state index contributed by atoms with van der Waals surface area (Å²) in [6.07, 6.45) is 3.85. The van der Waals surface area contributed by atoms with Gasteiger partial charge in [0.15, 0.2) is 0 Å². The van der Waals surface area contributed by atoms with Crippen LogP contribution in [-0.4, -0.2) is 53.7 Å². The molecule has 0 radical (unpaired) electrons. The van der Waals surface area contributed by atoms with Crippen molar-refractivity contribution in [3.05, 3.63) is 41.1 Å². The fraction of sp³-hybridized carbons (Fsp3) is 0.545. The number of hydrogen-bond donors (Lipinski definition) is 1. The lowest BCUT2D eigenvalue weighted by Gasteiger charge is -2.51. The van der Waals surface area contributed by atoms with Crippen LogP contribution in [0.1, 0.15) is 40.9 Å². The molecule has 0 spiro atoms. The van der Waals surface area contributed by atoms with E-state index in [2.05, 4.69) is 34.3 Å². The van der Waals surface area contributed by atoms with Gasteiger partial charge in [0.1, 0.15) is 0 Å². The summed E-state index contributed by atoms with van der Waals surface area (Å²) in [7, 11) is 0. The van der Waals surface area contributed by atoms with Crippen molar-refractivity contribution in [1.82, 2.24) is 15.2 Å². The maximum absolute atomic E-state index is 13.1. The summed E-state index contributed by atoms with van der Waals surface area (Å²) in [4.78, 5) is 20.3. The molecule has 2 aromatic rings. The van der Waals surface area contributed by atoms with Crippen LogP contribution in [0.5, 0.6) is 0 Å². The molecule has 142 valence electrons. The highest BCUT2D eigenvalue weighted by Crippen LogP contribution is 2.43. The summed E-state index contributed by atoms with van der Waals surface area (Å²) in [5.74, 6) is 0.457. The highest BCUT2D eigenvalue weighted by molar-refractivity contribution is 5.99. The Labute approximate surface area is 160 Å². The van der Waals surface area contributed by atoms with Gasteiger partial charge in [-0.1, -0.05) is 11.6 Å². The standard InChI is InChI=1S/C22H27N3O2/c1-13-5-6-18-15(11-13)12-17(14(2)23-18)22(26)24-19-16-7-10-27-21(16)20(19)25-8-3-4-9-25/h5-6,11-12,16,19-21H,3-4,7-10H2,1-2H3,(H,24,26)/t16-,19+,20-,21-/m1/s1. The second-order valence-corrected chi connectivity index (χ2v) is 8.34. The van der Waals surface area contributed by atoms with E-state index in [9.17, 15) is 4.79 Å². The van der Waals surface area contributed by atoms with Crippen LogP contribution in [0.4, 0.5) is 0 Å². The highest BCUT2D eigenvalue weighted by atomic mass is 16.5. The van der Waals surface area contributed by atoms with E-state index in [1.165, 1.54) is 18.4 Å². The van der Waals surface area contributed by atoms with E-state index in [1.807, 2.05) is 19.1 Å². The van der Waals surface area contributed by atoms with E-state index in [1.54, 1.807) is 0 Å². The van der Waals surface area contributed by atoms with Crippen LogP contribution >= 0.6 is 0 Å². The largest absolute Gasteiger partial charge is 0.376 e. The summed E-state index contributed by atoms with van der Waals surface area (Å²) in [6, 6.07) is 8.69. The average molecular weight is 365 g/mol. The minimum Gasteiger partial charge on any atom is -0.376 e. The smallest absolute Gasteiger partial charge is 0.253 e. The highest BCUT2D eigenvalue weighted by Gasteiger charge is 2.56. The fourth-order valence-electron chi connectivity index (χ4n) is 5.19. The molecule has 1 aromatic carbocycles. The van der Waals surface area contributed by atoms with Gasteiger partial charge in [0.25, 0.3) is 5.91 Å². The van der Waals surface area contributed by atoms with E-state index in [0.717, 1.165) is 42.7 Å². The van der Waals surface area contributed by atoms with Crippen LogP contribution in [0.25, 0.3) is 10.9 Å². The maximum atomic E-state index is 13.1. The normalized spacial score (nSPS) is 30.3. The van der Waals surface area contributed by atoms with Gasteiger partial charge in [-0.25, -0.2) is 0 Å². The van der Waals surface area contributed by atoms with E-state index in [-0.39, 0.29) is 11.9 Å². The predicted molar refractivity (Wildman–Crippen MR) is 105 cm³/mol. The summed E-state index contributed by atoms with van der Waals surface area (Å²) in [6.45, 7) is 7.06. The Balaban J connectivity index is 1.40. The van der Waals surface area contributed by atoms with E-state index < -0.39 is 0 Å². The van der Waals surface area contributed by atoms with Crippen molar-refractivity contribution in [3.63, 3.8) is 0 Å². The van der Waals surface area contributed by atoms with Crippen molar-refractivity contribution in [1.29, 1.82) is 0 Å². The number of aromatic nitrogens is 1. The molecule has 0 unspecified atom stereocenters. The van der Waals surface area contributed by atoms with Gasteiger partial charge < -0.3 is 10.1 Å². The molecule has 1 aliphatic carbocycles. The van der Waals surface area contributed by atoms with Crippen molar-refractivity contribution >= 4 is 16.8 Å². The molecule has 5 rings (SSSR count). The van der Waals surface area contributed by atoms with Crippen molar-refractivity contribution in [2.24, 2.45) is 5.92 Å². The molecule has 2 aliphatic heterocycles. The minimum absolute atomic E-state index is 0.00273. The lowest BCUT2D eigenvalue weighted by Crippen LogP contribution is -2.70. The number of hydrogen-bond acceptors (Lipinski definition) is 4. The van der Waals surface area contributed by atoms with Gasteiger partial charge in [-0.05, 0) is 64.4 Å². The van der Waals surface area contributed by atoms with E-state index >= 15 is 0 Å². The second-order valence-electron chi connectivity index (χ2n) is 8.34. The van der Waals surface area contributed by atoms with Gasteiger partial charge in [-0.3, -0.25) is 14.7 Å². The molecule has 2 saturated heterocycles. The molecule has 1 saturated carbocycles. The van der Waals surface area contributed by atoms with Gasteiger partial charge in [0.05, 0.1) is 35.0 Å². The number of rotatable bonds is 3. The number of aryl methyl sites for hydroxylation is 2. The van der Waals surface area contributed by atoms with Crippen LogP contribution in [0.3, 0.4) is 0 Å². The molecule has 4 atom stereocenters. The molecule has 1 amide bonds. The Morgan fingerprint density at radius 1 is 1.22 bits per heavy atom. The van der Waals surface area contributed by atoms with Crippen LogP contribution in [0.2, 0.25) is 0 Å². The number of nitrogens with one attached hydrogen (secondary N) is 1. The first-order valence-electron chi connectivity index (χ1n) is 10.2.